The molecule has 2 unspecified atom stereocenters. The molecule has 0 aliphatic carbocycles. The number of aliphatic hydroxyl groups excluding tert-OH is 1. The van der Waals surface area contributed by atoms with Crippen LogP contribution in [0.25, 0.3) is 0 Å². The molecule has 3 aromatic rings. The molecule has 2 heterocycles. The van der Waals surface area contributed by atoms with Gasteiger partial charge in [-0.15, -0.1) is 11.8 Å². The second kappa shape index (κ2) is 15.6. The van der Waals surface area contributed by atoms with Gasteiger partial charge in [0.05, 0.1) is 25.3 Å². The fourth-order valence-electron chi connectivity index (χ4n) is 5.79. The molecule has 0 aromatic heterocycles. The molecule has 5 rings (SSSR count). The van der Waals surface area contributed by atoms with Crippen molar-refractivity contribution in [3.05, 3.63) is 89.2 Å². The summed E-state index contributed by atoms with van der Waals surface area (Å²) in [6.07, 6.45) is 0.346. The number of carboxylic acid groups (broad SMARTS) is 1. The number of rotatable bonds is 16. The zero-order chi connectivity index (χ0) is 34.4. The Bertz CT molecular complexity index is 1640. The molecule has 0 spiro atoms. The topological polar surface area (TPSA) is 168 Å². The number of amides is 2. The van der Waals surface area contributed by atoms with Gasteiger partial charge < -0.3 is 35.6 Å². The largest absolute Gasteiger partial charge is 0.493 e. The lowest BCUT2D eigenvalue weighted by atomic mass is 9.92. The summed E-state index contributed by atoms with van der Waals surface area (Å²) < 4.78 is 24.8. The maximum absolute atomic E-state index is 13.7. The Balaban J connectivity index is 1.19. The Labute approximate surface area is 281 Å². The predicted molar refractivity (Wildman–Crippen MR) is 177 cm³/mol. The van der Waals surface area contributed by atoms with E-state index in [1.165, 1.54) is 23.9 Å². The number of carbonyl (C=O) groups excluding carboxylic acids is 3. The van der Waals surface area contributed by atoms with Crippen LogP contribution in [0, 0.1) is 11.7 Å². The summed E-state index contributed by atoms with van der Waals surface area (Å²) in [7, 11) is 0. The lowest BCUT2D eigenvalue weighted by Crippen LogP contribution is -2.57. The number of carbonyl (C=O) groups is 4. The summed E-state index contributed by atoms with van der Waals surface area (Å²) in [5.41, 5.74) is 8.78. The van der Waals surface area contributed by atoms with Crippen molar-refractivity contribution in [2.45, 2.75) is 49.6 Å². The van der Waals surface area contributed by atoms with Crippen LogP contribution in [0.2, 0.25) is 0 Å². The molecule has 5 atom stereocenters. The minimum Gasteiger partial charge on any atom is -0.493 e. The van der Waals surface area contributed by atoms with Crippen molar-refractivity contribution in [2.75, 3.05) is 30.4 Å². The van der Waals surface area contributed by atoms with E-state index in [9.17, 15) is 28.7 Å². The molecule has 2 amide bonds. The first-order valence-corrected chi connectivity index (χ1v) is 16.7. The summed E-state index contributed by atoms with van der Waals surface area (Å²) in [6, 6.07) is 16.7. The molecule has 13 heteroatoms. The molecule has 11 nitrogen and oxygen atoms in total. The third-order valence-electron chi connectivity index (χ3n) is 8.56. The Morgan fingerprint density at radius 3 is 2.54 bits per heavy atom. The standard InChI is InChI=1S/C35H38FN3O8S/c1-2-20(31(37)35(44)45)16-26(40)17-38-30(42)18-47-27-10-3-21(4-11-27)32-33(34(43)39(32)25-8-6-24(36)7-9-25)48-19-28(41)22-5-12-29-23(15-22)13-14-46-29/h3-12,15,20,28,31-33,41H,2,13-14,16-19,37H2,1H3,(H,38,42)(H,44,45)/t20?,28?,31-,32-,33-/m1/s1. The number of halogens is 1. The van der Waals surface area contributed by atoms with E-state index in [0.717, 1.165) is 28.9 Å². The highest BCUT2D eigenvalue weighted by Crippen LogP contribution is 2.46. The third kappa shape index (κ3) is 8.15. The molecule has 2 aliphatic heterocycles. The van der Waals surface area contributed by atoms with Crippen LogP contribution >= 0.6 is 11.8 Å². The molecule has 0 bridgehead atoms. The Morgan fingerprint density at radius 1 is 1.12 bits per heavy atom. The molecule has 254 valence electrons. The number of Topliss-reactive ketones (excluding diaryl/α,β-unsaturated/α-hetero) is 1. The highest BCUT2D eigenvalue weighted by Gasteiger charge is 2.49. The van der Waals surface area contributed by atoms with Gasteiger partial charge in [-0.1, -0.05) is 31.5 Å². The molecular weight excluding hydrogens is 641 g/mol. The number of aliphatic carboxylic acids is 1. The van der Waals surface area contributed by atoms with E-state index in [0.29, 0.717) is 24.5 Å². The number of β-lactam (4-membered cyclic amide) rings is 1. The Hall–Kier alpha value is -4.46. The van der Waals surface area contributed by atoms with Crippen molar-refractivity contribution in [3.63, 3.8) is 0 Å². The SMILES string of the molecule is CCC(CC(=O)CNC(=O)COc1ccc([C@@H]2[C@@H](SCC(O)c3ccc4c(c3)CCO4)C(=O)N2c2ccc(F)cc2)cc1)[C@@H](N)C(=O)O. The second-order valence-electron chi connectivity index (χ2n) is 11.8. The van der Waals surface area contributed by atoms with Crippen LogP contribution in [-0.2, 0) is 25.6 Å². The molecule has 2 aliphatic rings. The highest BCUT2D eigenvalue weighted by molar-refractivity contribution is 8.00. The number of aliphatic hydroxyl groups is 1. The number of anilines is 1. The summed E-state index contributed by atoms with van der Waals surface area (Å²) in [4.78, 5) is 50.8. The number of benzene rings is 3. The lowest BCUT2D eigenvalue weighted by molar-refractivity contribution is -0.140. The molecule has 48 heavy (non-hydrogen) atoms. The van der Waals surface area contributed by atoms with Crippen molar-refractivity contribution >= 4 is 41.0 Å². The van der Waals surface area contributed by atoms with E-state index >= 15 is 0 Å². The Morgan fingerprint density at radius 2 is 1.85 bits per heavy atom. The number of thioether (sulfide) groups is 1. The highest BCUT2D eigenvalue weighted by atomic mass is 32.2. The number of hydrogen-bond donors (Lipinski definition) is 4. The van der Waals surface area contributed by atoms with Crippen LogP contribution in [0.4, 0.5) is 10.1 Å². The van der Waals surface area contributed by atoms with Crippen LogP contribution < -0.4 is 25.4 Å². The maximum atomic E-state index is 13.7. The number of nitrogens with zero attached hydrogens (tertiary/aromatic N) is 1. The van der Waals surface area contributed by atoms with Crippen molar-refractivity contribution in [3.8, 4) is 11.5 Å². The van der Waals surface area contributed by atoms with Gasteiger partial charge in [0, 0.05) is 24.3 Å². The lowest BCUT2D eigenvalue weighted by Gasteiger charge is -2.47. The van der Waals surface area contributed by atoms with E-state index in [1.807, 2.05) is 18.2 Å². The second-order valence-corrected chi connectivity index (χ2v) is 12.9. The molecule has 0 radical (unpaired) electrons. The van der Waals surface area contributed by atoms with Crippen molar-refractivity contribution in [1.29, 1.82) is 0 Å². The van der Waals surface area contributed by atoms with Crippen molar-refractivity contribution in [2.24, 2.45) is 11.7 Å². The maximum Gasteiger partial charge on any atom is 0.320 e. The number of carboxylic acids is 1. The zero-order valence-electron chi connectivity index (χ0n) is 26.3. The van der Waals surface area contributed by atoms with Crippen molar-refractivity contribution in [1.82, 2.24) is 5.32 Å². The minimum absolute atomic E-state index is 0.0626. The van der Waals surface area contributed by atoms with Crippen LogP contribution in [0.15, 0.2) is 66.7 Å². The summed E-state index contributed by atoms with van der Waals surface area (Å²) >= 11 is 1.35. The average molecular weight is 680 g/mol. The Kier molecular flexibility index (Phi) is 11.3. The number of hydrogen-bond acceptors (Lipinski definition) is 9. The average Bonchev–Trinajstić information content (AvgIpc) is 3.56. The molecule has 3 aromatic carbocycles. The van der Waals surface area contributed by atoms with Crippen LogP contribution in [-0.4, -0.2) is 70.6 Å². The van der Waals surface area contributed by atoms with Crippen LogP contribution in [0.5, 0.6) is 11.5 Å². The van der Waals surface area contributed by atoms with E-state index in [-0.39, 0.29) is 37.0 Å². The number of nitrogens with one attached hydrogen (secondary N) is 1. The van der Waals surface area contributed by atoms with Gasteiger partial charge in [0.1, 0.15) is 28.6 Å². The quantitative estimate of drug-likeness (QED) is 0.164. The molecule has 1 fully saturated rings. The minimum atomic E-state index is -1.18. The number of ether oxygens (including phenoxy) is 2. The first kappa shape index (κ1) is 34.9. The summed E-state index contributed by atoms with van der Waals surface area (Å²) in [5.74, 6) is -1.65. The van der Waals surface area contributed by atoms with Gasteiger partial charge >= 0.3 is 5.97 Å². The zero-order valence-corrected chi connectivity index (χ0v) is 27.2. The van der Waals surface area contributed by atoms with Gasteiger partial charge in [-0.05, 0) is 71.1 Å². The van der Waals surface area contributed by atoms with Crippen LogP contribution in [0.3, 0.4) is 0 Å². The number of fused-ring (bicyclic) bond motifs is 1. The van der Waals surface area contributed by atoms with Gasteiger partial charge in [-0.25, -0.2) is 4.39 Å². The molecule has 5 N–H and O–H groups in total. The first-order valence-electron chi connectivity index (χ1n) is 15.7. The fraction of sp³-hybridized carbons (Fsp3) is 0.371. The van der Waals surface area contributed by atoms with Crippen LogP contribution in [0.1, 0.15) is 48.6 Å². The smallest absolute Gasteiger partial charge is 0.320 e. The predicted octanol–water partition coefficient (Wildman–Crippen LogP) is 3.58. The monoisotopic (exact) mass is 679 g/mol. The van der Waals surface area contributed by atoms with E-state index in [2.05, 4.69) is 5.32 Å². The van der Waals surface area contributed by atoms with E-state index in [4.69, 9.17) is 20.3 Å². The molecule has 0 saturated carbocycles. The van der Waals surface area contributed by atoms with Gasteiger partial charge in [-0.2, -0.15) is 0 Å². The van der Waals surface area contributed by atoms with E-state index in [1.54, 1.807) is 48.2 Å². The number of ketones is 1. The van der Waals surface area contributed by atoms with Gasteiger partial charge in [0.2, 0.25) is 5.91 Å². The van der Waals surface area contributed by atoms with E-state index < -0.39 is 47.0 Å². The summed E-state index contributed by atoms with van der Waals surface area (Å²) in [5, 5.41) is 22.0. The summed E-state index contributed by atoms with van der Waals surface area (Å²) in [6.45, 7) is 1.74. The molecule has 1 saturated heterocycles. The van der Waals surface area contributed by atoms with Crippen molar-refractivity contribution < 1.29 is 43.3 Å². The van der Waals surface area contributed by atoms with Gasteiger partial charge in [0.25, 0.3) is 5.91 Å². The number of nitrogens with two attached hydrogens (primary N) is 1. The van der Waals surface area contributed by atoms with Gasteiger partial charge in [0.15, 0.2) is 12.4 Å². The molecular formula is C35H38FN3O8S. The van der Waals surface area contributed by atoms with Gasteiger partial charge in [-0.3, -0.25) is 19.2 Å². The first-order chi connectivity index (χ1) is 23.0. The fourth-order valence-corrected chi connectivity index (χ4v) is 7.09. The third-order valence-corrected chi connectivity index (χ3v) is 9.89. The normalized spacial score (nSPS) is 18.6.